The minimum atomic E-state index is -0.663. The van der Waals surface area contributed by atoms with Crippen LogP contribution < -0.4 is 10.6 Å². The molecule has 0 saturated heterocycles. The fraction of sp³-hybridized carbons (Fsp3) is 0.438. The minimum absolute atomic E-state index is 0.171. The zero-order valence-corrected chi connectivity index (χ0v) is 14.7. The van der Waals surface area contributed by atoms with Gasteiger partial charge in [0, 0.05) is 13.1 Å². The lowest BCUT2D eigenvalue weighted by Crippen LogP contribution is -2.37. The molecule has 0 fully saturated rings. The van der Waals surface area contributed by atoms with E-state index in [1.165, 1.54) is 0 Å². The Labute approximate surface area is 139 Å². The van der Waals surface area contributed by atoms with Gasteiger partial charge in [-0.25, -0.2) is 0 Å². The van der Waals surface area contributed by atoms with Crippen LogP contribution in [0.5, 0.6) is 0 Å². The zero-order chi connectivity index (χ0) is 17.0. The van der Waals surface area contributed by atoms with Gasteiger partial charge in [0.25, 0.3) is 0 Å². The number of amides is 2. The first-order valence-electron chi connectivity index (χ1n) is 7.59. The third-order valence-corrected chi connectivity index (χ3v) is 4.51. The van der Waals surface area contributed by atoms with Crippen LogP contribution in [0.4, 0.5) is 5.69 Å². The molecule has 0 aliphatic heterocycles. The predicted octanol–water partition coefficient (Wildman–Crippen LogP) is 2.44. The molecule has 2 aromatic rings. The van der Waals surface area contributed by atoms with Crippen molar-refractivity contribution < 1.29 is 9.59 Å². The molecule has 6 nitrogen and oxygen atoms in total. The first kappa shape index (κ1) is 17.2. The van der Waals surface area contributed by atoms with Gasteiger partial charge < -0.3 is 10.6 Å². The van der Waals surface area contributed by atoms with E-state index in [0.29, 0.717) is 24.5 Å². The summed E-state index contributed by atoms with van der Waals surface area (Å²) in [7, 11) is 0. The Morgan fingerprint density at radius 1 is 1.35 bits per heavy atom. The fourth-order valence-electron chi connectivity index (χ4n) is 2.36. The van der Waals surface area contributed by atoms with E-state index >= 15 is 0 Å². The lowest BCUT2D eigenvalue weighted by Gasteiger charge is -2.11. The maximum atomic E-state index is 12.1. The summed E-state index contributed by atoms with van der Waals surface area (Å²) in [5.41, 5.74) is 3.32. The molecule has 0 aromatic carbocycles. The monoisotopic (exact) mass is 334 g/mol. The molecule has 23 heavy (non-hydrogen) atoms. The summed E-state index contributed by atoms with van der Waals surface area (Å²) in [6, 6.07) is 2.02. The van der Waals surface area contributed by atoms with Crippen molar-refractivity contribution in [2.24, 2.45) is 0 Å². The number of carbonyl (C=O) groups is 2. The van der Waals surface area contributed by atoms with E-state index in [4.69, 9.17) is 0 Å². The number of aromatic nitrogens is 2. The Bertz CT molecular complexity index is 691. The van der Waals surface area contributed by atoms with Gasteiger partial charge in [-0.3, -0.25) is 14.3 Å². The molecular weight excluding hydrogens is 312 g/mol. The van der Waals surface area contributed by atoms with Gasteiger partial charge in [-0.1, -0.05) is 6.92 Å². The van der Waals surface area contributed by atoms with Gasteiger partial charge in [-0.15, -0.1) is 0 Å². The number of aryl methyl sites for hydroxylation is 2. The van der Waals surface area contributed by atoms with Crippen LogP contribution in [0, 0.1) is 13.8 Å². The summed E-state index contributed by atoms with van der Waals surface area (Å²) in [6.07, 6.45) is 0. The molecule has 0 bridgehead atoms. The van der Waals surface area contributed by atoms with Crippen LogP contribution in [0.3, 0.4) is 0 Å². The molecule has 2 rings (SSSR count). The number of nitrogens with zero attached hydrogens (tertiary/aromatic N) is 2. The van der Waals surface area contributed by atoms with Crippen LogP contribution in [-0.4, -0.2) is 28.1 Å². The summed E-state index contributed by atoms with van der Waals surface area (Å²) >= 11 is 1.62. The van der Waals surface area contributed by atoms with Crippen LogP contribution in [0.1, 0.15) is 36.7 Å². The maximum absolute atomic E-state index is 12.1. The van der Waals surface area contributed by atoms with Crippen molar-refractivity contribution >= 4 is 28.8 Å². The Balaban J connectivity index is 1.93. The third-order valence-electron chi connectivity index (χ3n) is 3.81. The second kappa shape index (κ2) is 7.41. The summed E-state index contributed by atoms with van der Waals surface area (Å²) in [4.78, 5) is 24.0. The van der Waals surface area contributed by atoms with E-state index in [1.807, 2.05) is 44.5 Å². The number of rotatable bonds is 5. The van der Waals surface area contributed by atoms with Gasteiger partial charge >= 0.3 is 11.8 Å². The van der Waals surface area contributed by atoms with Crippen molar-refractivity contribution in [2.45, 2.75) is 40.2 Å². The van der Waals surface area contributed by atoms with E-state index < -0.39 is 11.8 Å². The minimum Gasteiger partial charge on any atom is -0.347 e. The van der Waals surface area contributed by atoms with Crippen LogP contribution in [0.25, 0.3) is 0 Å². The van der Waals surface area contributed by atoms with E-state index in [0.717, 1.165) is 11.3 Å². The number of nitrogens with one attached hydrogen (secondary N) is 2. The molecule has 0 unspecified atom stereocenters. The molecule has 0 aliphatic carbocycles. The molecule has 2 amide bonds. The average molecular weight is 334 g/mol. The second-order valence-corrected chi connectivity index (χ2v) is 6.26. The standard InChI is InChI=1S/C16H22N4O2S/c1-5-20-12(4)14(11(3)19-20)18-16(22)15(21)17-8-10(2)13-6-7-23-9-13/h6-7,9-10H,5,8H2,1-4H3,(H,17,21)(H,18,22)/t10-/m0/s1. The largest absolute Gasteiger partial charge is 0.347 e. The van der Waals surface area contributed by atoms with Gasteiger partial charge in [-0.05, 0) is 49.1 Å². The SMILES string of the molecule is CCn1nc(C)c(NC(=O)C(=O)NC[C@H](C)c2ccsc2)c1C. The third kappa shape index (κ3) is 3.98. The summed E-state index contributed by atoms with van der Waals surface area (Å²) in [6.45, 7) is 8.81. The van der Waals surface area contributed by atoms with Crippen molar-refractivity contribution in [1.29, 1.82) is 0 Å². The molecule has 0 aliphatic rings. The van der Waals surface area contributed by atoms with Crippen LogP contribution in [0.2, 0.25) is 0 Å². The number of thiophene rings is 1. The van der Waals surface area contributed by atoms with Crippen LogP contribution in [-0.2, 0) is 16.1 Å². The highest BCUT2D eigenvalue weighted by molar-refractivity contribution is 7.07. The van der Waals surface area contributed by atoms with Crippen molar-refractivity contribution in [3.05, 3.63) is 33.8 Å². The topological polar surface area (TPSA) is 76.0 Å². The summed E-state index contributed by atoms with van der Waals surface area (Å²) in [5.74, 6) is -1.12. The molecule has 1 atom stereocenters. The van der Waals surface area contributed by atoms with Crippen LogP contribution >= 0.6 is 11.3 Å². The Hall–Kier alpha value is -2.15. The Morgan fingerprint density at radius 2 is 2.09 bits per heavy atom. The molecule has 0 saturated carbocycles. The molecule has 2 N–H and O–H groups in total. The molecule has 124 valence electrons. The zero-order valence-electron chi connectivity index (χ0n) is 13.8. The van der Waals surface area contributed by atoms with Gasteiger partial charge in [-0.2, -0.15) is 16.4 Å². The number of carbonyl (C=O) groups excluding carboxylic acids is 2. The first-order valence-corrected chi connectivity index (χ1v) is 8.53. The van der Waals surface area contributed by atoms with Gasteiger partial charge in [0.15, 0.2) is 0 Å². The molecule has 0 radical (unpaired) electrons. The normalized spacial score (nSPS) is 12.0. The number of hydrogen-bond acceptors (Lipinski definition) is 4. The van der Waals surface area contributed by atoms with Crippen molar-refractivity contribution in [3.8, 4) is 0 Å². The van der Waals surface area contributed by atoms with Gasteiger partial charge in [0.2, 0.25) is 0 Å². The fourth-order valence-corrected chi connectivity index (χ4v) is 3.14. The van der Waals surface area contributed by atoms with Crippen molar-refractivity contribution in [3.63, 3.8) is 0 Å². The lowest BCUT2D eigenvalue weighted by atomic mass is 10.1. The Morgan fingerprint density at radius 3 is 2.65 bits per heavy atom. The average Bonchev–Trinajstić information content (AvgIpc) is 3.15. The quantitative estimate of drug-likeness (QED) is 0.825. The van der Waals surface area contributed by atoms with Crippen LogP contribution in [0.15, 0.2) is 16.8 Å². The van der Waals surface area contributed by atoms with E-state index in [9.17, 15) is 9.59 Å². The highest BCUT2D eigenvalue weighted by atomic mass is 32.1. The predicted molar refractivity (Wildman–Crippen MR) is 91.7 cm³/mol. The van der Waals surface area contributed by atoms with E-state index in [1.54, 1.807) is 16.0 Å². The van der Waals surface area contributed by atoms with Crippen molar-refractivity contribution in [2.75, 3.05) is 11.9 Å². The smallest absolute Gasteiger partial charge is 0.313 e. The molecular formula is C16H22N4O2S. The first-order chi connectivity index (χ1) is 10.9. The lowest BCUT2D eigenvalue weighted by molar-refractivity contribution is -0.136. The van der Waals surface area contributed by atoms with Gasteiger partial charge in [0.05, 0.1) is 17.1 Å². The van der Waals surface area contributed by atoms with Gasteiger partial charge in [0.1, 0.15) is 0 Å². The molecule has 7 heteroatoms. The summed E-state index contributed by atoms with van der Waals surface area (Å²) < 4.78 is 1.79. The van der Waals surface area contributed by atoms with E-state index in [-0.39, 0.29) is 5.92 Å². The molecule has 2 heterocycles. The summed E-state index contributed by atoms with van der Waals surface area (Å²) in [5, 5.41) is 13.7. The Kier molecular flexibility index (Phi) is 5.54. The number of anilines is 1. The second-order valence-electron chi connectivity index (χ2n) is 5.48. The van der Waals surface area contributed by atoms with Crippen molar-refractivity contribution in [1.82, 2.24) is 15.1 Å². The maximum Gasteiger partial charge on any atom is 0.313 e. The highest BCUT2D eigenvalue weighted by Crippen LogP contribution is 2.19. The molecule has 2 aromatic heterocycles. The van der Waals surface area contributed by atoms with E-state index in [2.05, 4.69) is 15.7 Å². The highest BCUT2D eigenvalue weighted by Gasteiger charge is 2.19. The number of hydrogen-bond donors (Lipinski definition) is 2. The molecule has 0 spiro atoms.